The van der Waals surface area contributed by atoms with Gasteiger partial charge in [0.1, 0.15) is 5.70 Å². The van der Waals surface area contributed by atoms with Crippen LogP contribution in [0.1, 0.15) is 30.6 Å². The van der Waals surface area contributed by atoms with Gasteiger partial charge in [-0.05, 0) is 31.6 Å². The monoisotopic (exact) mass is 290 g/mol. The summed E-state index contributed by atoms with van der Waals surface area (Å²) in [6, 6.07) is 8.52. The Balaban J connectivity index is 2.71. The van der Waals surface area contributed by atoms with Gasteiger partial charge in [0.25, 0.3) is 11.8 Å². The lowest BCUT2D eigenvalue weighted by molar-refractivity contribution is -0.136. The van der Waals surface area contributed by atoms with E-state index in [1.54, 1.807) is 44.2 Å². The van der Waals surface area contributed by atoms with Gasteiger partial charge in [0.05, 0.1) is 6.42 Å². The fourth-order valence-corrected chi connectivity index (χ4v) is 1.56. The van der Waals surface area contributed by atoms with Gasteiger partial charge in [0.2, 0.25) is 0 Å². The van der Waals surface area contributed by atoms with Crippen LogP contribution < -0.4 is 10.6 Å². The minimum Gasteiger partial charge on any atom is -0.481 e. The summed E-state index contributed by atoms with van der Waals surface area (Å²) in [5.41, 5.74) is 1.20. The number of amides is 2. The molecule has 21 heavy (non-hydrogen) atoms. The van der Waals surface area contributed by atoms with Crippen molar-refractivity contribution in [2.24, 2.45) is 0 Å². The van der Waals surface area contributed by atoms with E-state index in [2.05, 4.69) is 10.6 Å². The molecular weight excluding hydrogens is 272 g/mol. The maximum absolute atomic E-state index is 12.0. The molecule has 0 aliphatic carbocycles. The quantitative estimate of drug-likeness (QED) is 0.688. The number of carboxylic acid groups (broad SMARTS) is 1. The highest BCUT2D eigenvalue weighted by atomic mass is 16.4. The molecule has 1 aromatic carbocycles. The number of allylic oxidation sites excluding steroid dienone is 1. The average molecular weight is 290 g/mol. The van der Waals surface area contributed by atoms with E-state index in [9.17, 15) is 14.4 Å². The van der Waals surface area contributed by atoms with Crippen molar-refractivity contribution < 1.29 is 19.5 Å². The molecule has 1 rings (SSSR count). The van der Waals surface area contributed by atoms with Crippen molar-refractivity contribution in [1.82, 2.24) is 10.6 Å². The van der Waals surface area contributed by atoms with Crippen LogP contribution >= 0.6 is 0 Å². The van der Waals surface area contributed by atoms with Crippen LogP contribution in [0.15, 0.2) is 41.6 Å². The van der Waals surface area contributed by atoms with Gasteiger partial charge in [-0.3, -0.25) is 14.4 Å². The number of aliphatic carboxylic acids is 1. The second-order valence-corrected chi connectivity index (χ2v) is 4.59. The number of hydrogen-bond donors (Lipinski definition) is 3. The topological polar surface area (TPSA) is 95.5 Å². The lowest BCUT2D eigenvalue weighted by atomic mass is 10.2. The lowest BCUT2D eigenvalue weighted by Crippen LogP contribution is -2.36. The first-order valence-corrected chi connectivity index (χ1v) is 6.45. The summed E-state index contributed by atoms with van der Waals surface area (Å²) in [4.78, 5) is 34.4. The molecule has 3 N–H and O–H groups in total. The Bertz CT molecular complexity index is 560. The number of nitrogens with one attached hydrogen (secondary N) is 2. The van der Waals surface area contributed by atoms with Crippen LogP contribution in [0, 0.1) is 0 Å². The number of hydrogen-bond acceptors (Lipinski definition) is 3. The first-order chi connectivity index (χ1) is 9.91. The zero-order chi connectivity index (χ0) is 15.8. The van der Waals surface area contributed by atoms with E-state index in [-0.39, 0.29) is 24.6 Å². The summed E-state index contributed by atoms with van der Waals surface area (Å²) in [6.07, 6.45) is -0.172. The van der Waals surface area contributed by atoms with Crippen LogP contribution in [0.2, 0.25) is 0 Å². The molecule has 0 fully saturated rings. The van der Waals surface area contributed by atoms with E-state index in [1.807, 2.05) is 0 Å². The summed E-state index contributed by atoms with van der Waals surface area (Å²) in [6.45, 7) is 3.39. The number of carbonyl (C=O) groups excluding carboxylic acids is 2. The third kappa shape index (κ3) is 5.48. The number of carboxylic acids is 1. The van der Waals surface area contributed by atoms with Crippen molar-refractivity contribution in [3.8, 4) is 0 Å². The summed E-state index contributed by atoms with van der Waals surface area (Å²) >= 11 is 0. The molecule has 0 spiro atoms. The molecular formula is C15H18N2O4. The Labute approximate surface area is 122 Å². The van der Waals surface area contributed by atoms with Crippen molar-refractivity contribution in [3.63, 3.8) is 0 Å². The fourth-order valence-electron chi connectivity index (χ4n) is 1.56. The number of carbonyl (C=O) groups is 3. The van der Waals surface area contributed by atoms with Crippen LogP contribution in [0.3, 0.4) is 0 Å². The summed E-state index contributed by atoms with van der Waals surface area (Å²) in [7, 11) is 0. The molecule has 0 heterocycles. The van der Waals surface area contributed by atoms with Crippen molar-refractivity contribution >= 4 is 17.8 Å². The highest BCUT2D eigenvalue weighted by Gasteiger charge is 2.15. The van der Waals surface area contributed by atoms with Crippen molar-refractivity contribution in [2.75, 3.05) is 6.54 Å². The molecule has 0 saturated heterocycles. The molecule has 0 bridgehead atoms. The molecule has 0 unspecified atom stereocenters. The standard InChI is InChI=1S/C15H18N2O4/c1-10(2)13(15(21)16-9-8-12(18)19)17-14(20)11-6-4-3-5-7-11/h3-7H,8-9H2,1-2H3,(H,16,21)(H,17,20)(H,18,19). The zero-order valence-electron chi connectivity index (χ0n) is 12.0. The van der Waals surface area contributed by atoms with E-state index in [0.29, 0.717) is 11.1 Å². The largest absolute Gasteiger partial charge is 0.481 e. The van der Waals surface area contributed by atoms with E-state index in [0.717, 1.165) is 0 Å². The highest BCUT2D eigenvalue weighted by molar-refractivity contribution is 6.03. The minimum atomic E-state index is -0.998. The van der Waals surface area contributed by atoms with Crippen molar-refractivity contribution in [3.05, 3.63) is 47.2 Å². The molecule has 6 heteroatoms. The van der Waals surface area contributed by atoms with Gasteiger partial charge in [-0.15, -0.1) is 0 Å². The first kappa shape index (κ1) is 16.4. The molecule has 0 saturated carbocycles. The second-order valence-electron chi connectivity index (χ2n) is 4.59. The summed E-state index contributed by atoms with van der Waals surface area (Å²) in [5.74, 6) is -1.89. The molecule has 0 aromatic heterocycles. The number of rotatable bonds is 6. The predicted octanol–water partition coefficient (Wildman–Crippen LogP) is 1.30. The Morgan fingerprint density at radius 1 is 1.10 bits per heavy atom. The van der Waals surface area contributed by atoms with Gasteiger partial charge in [-0.1, -0.05) is 18.2 Å². The van der Waals surface area contributed by atoms with Gasteiger partial charge in [0.15, 0.2) is 0 Å². The summed E-state index contributed by atoms with van der Waals surface area (Å²) < 4.78 is 0. The molecule has 1 aromatic rings. The molecule has 0 atom stereocenters. The maximum atomic E-state index is 12.0. The van der Waals surface area contributed by atoms with Crippen LogP contribution in [0.25, 0.3) is 0 Å². The van der Waals surface area contributed by atoms with Gasteiger partial charge in [-0.25, -0.2) is 0 Å². The molecule has 6 nitrogen and oxygen atoms in total. The average Bonchev–Trinajstić information content (AvgIpc) is 2.44. The fraction of sp³-hybridized carbons (Fsp3) is 0.267. The minimum absolute atomic E-state index is 0.00611. The van der Waals surface area contributed by atoms with Crippen LogP contribution in [-0.4, -0.2) is 29.4 Å². The van der Waals surface area contributed by atoms with Crippen molar-refractivity contribution in [1.29, 1.82) is 0 Å². The number of benzene rings is 1. The Morgan fingerprint density at radius 3 is 2.24 bits per heavy atom. The molecule has 0 aliphatic rings. The predicted molar refractivity (Wildman–Crippen MR) is 77.5 cm³/mol. The second kappa shape index (κ2) is 7.84. The Morgan fingerprint density at radius 2 is 1.71 bits per heavy atom. The maximum Gasteiger partial charge on any atom is 0.305 e. The van der Waals surface area contributed by atoms with Gasteiger partial charge >= 0.3 is 5.97 Å². The van der Waals surface area contributed by atoms with Gasteiger partial charge < -0.3 is 15.7 Å². The first-order valence-electron chi connectivity index (χ1n) is 6.45. The van der Waals surface area contributed by atoms with Gasteiger partial charge in [0, 0.05) is 12.1 Å². The third-order valence-electron chi connectivity index (χ3n) is 2.63. The van der Waals surface area contributed by atoms with Crippen LogP contribution in [0.5, 0.6) is 0 Å². The smallest absolute Gasteiger partial charge is 0.305 e. The molecule has 2 amide bonds. The lowest BCUT2D eigenvalue weighted by Gasteiger charge is -2.12. The third-order valence-corrected chi connectivity index (χ3v) is 2.63. The Kier molecular flexibility index (Phi) is 6.13. The molecule has 0 radical (unpaired) electrons. The van der Waals surface area contributed by atoms with Crippen LogP contribution in [-0.2, 0) is 9.59 Å². The zero-order valence-corrected chi connectivity index (χ0v) is 12.0. The Hall–Kier alpha value is -2.63. The van der Waals surface area contributed by atoms with E-state index < -0.39 is 11.9 Å². The molecule has 112 valence electrons. The van der Waals surface area contributed by atoms with E-state index in [1.165, 1.54) is 0 Å². The molecule has 0 aliphatic heterocycles. The highest BCUT2D eigenvalue weighted by Crippen LogP contribution is 2.04. The summed E-state index contributed by atoms with van der Waals surface area (Å²) in [5, 5.41) is 13.5. The van der Waals surface area contributed by atoms with E-state index in [4.69, 9.17) is 5.11 Å². The normalized spacial score (nSPS) is 9.62. The van der Waals surface area contributed by atoms with E-state index >= 15 is 0 Å². The van der Waals surface area contributed by atoms with Crippen LogP contribution in [0.4, 0.5) is 0 Å². The van der Waals surface area contributed by atoms with Gasteiger partial charge in [-0.2, -0.15) is 0 Å². The SMILES string of the molecule is CC(C)=C(NC(=O)c1ccccc1)C(=O)NCCC(=O)O. The van der Waals surface area contributed by atoms with Crippen molar-refractivity contribution in [2.45, 2.75) is 20.3 Å².